The second-order valence-electron chi connectivity index (χ2n) is 5.33. The Bertz CT molecular complexity index is 431. The Hall–Kier alpha value is -1.39. The van der Waals surface area contributed by atoms with Crippen LogP contribution >= 0.6 is 0 Å². The zero-order valence-corrected chi connectivity index (χ0v) is 11.1. The predicted octanol–water partition coefficient (Wildman–Crippen LogP) is 3.86. The number of fused-ring (bicyclic) bond motifs is 1. The minimum atomic E-state index is -4.20. The second kappa shape index (κ2) is 5.31. The van der Waals surface area contributed by atoms with Crippen molar-refractivity contribution in [2.75, 3.05) is 18.0 Å². The highest BCUT2D eigenvalue weighted by Crippen LogP contribution is 2.36. The van der Waals surface area contributed by atoms with Crippen LogP contribution in [0.1, 0.15) is 20.3 Å². The molecule has 0 saturated heterocycles. The van der Waals surface area contributed by atoms with E-state index >= 15 is 0 Å². The summed E-state index contributed by atoms with van der Waals surface area (Å²) in [4.78, 5) is 1.37. The van der Waals surface area contributed by atoms with Gasteiger partial charge in [-0.3, -0.25) is 0 Å². The number of hydrogen-bond donors (Lipinski definition) is 0. The molecular weight excluding hydrogens is 255 g/mol. The minimum absolute atomic E-state index is 0.183. The monoisotopic (exact) mass is 273 g/mol. The Balaban J connectivity index is 2.21. The number of nitrogens with zero attached hydrogens (tertiary/aromatic N) is 1. The highest BCUT2D eigenvalue weighted by Gasteiger charge is 2.35. The van der Waals surface area contributed by atoms with Crippen LogP contribution in [0.5, 0.6) is 5.75 Å². The second-order valence-corrected chi connectivity index (χ2v) is 5.33. The molecule has 0 bridgehead atoms. The standard InChI is InChI=1S/C14H18F3NO/c1-10(2)7-11-8-18(9-14(15,16)17)12-5-3-4-6-13(12)19-11/h3-6,10-11H,7-9H2,1-2H3. The molecule has 106 valence electrons. The molecule has 19 heavy (non-hydrogen) atoms. The average molecular weight is 273 g/mol. The van der Waals surface area contributed by atoms with Gasteiger partial charge in [-0.1, -0.05) is 26.0 Å². The van der Waals surface area contributed by atoms with E-state index in [9.17, 15) is 13.2 Å². The van der Waals surface area contributed by atoms with Crippen molar-refractivity contribution in [3.8, 4) is 5.75 Å². The van der Waals surface area contributed by atoms with Gasteiger partial charge in [0, 0.05) is 0 Å². The number of benzene rings is 1. The van der Waals surface area contributed by atoms with Crippen molar-refractivity contribution in [3.05, 3.63) is 24.3 Å². The molecule has 0 fully saturated rings. The van der Waals surface area contributed by atoms with Gasteiger partial charge >= 0.3 is 6.18 Å². The van der Waals surface area contributed by atoms with Crippen LogP contribution in [0, 0.1) is 5.92 Å². The summed E-state index contributed by atoms with van der Waals surface area (Å²) >= 11 is 0. The summed E-state index contributed by atoms with van der Waals surface area (Å²) in [5, 5.41) is 0. The van der Waals surface area contributed by atoms with Crippen LogP contribution in [-0.2, 0) is 0 Å². The fraction of sp³-hybridized carbons (Fsp3) is 0.571. The Kier molecular flexibility index (Phi) is 3.92. The Labute approximate surface area is 111 Å². The van der Waals surface area contributed by atoms with Crippen LogP contribution in [0.4, 0.5) is 18.9 Å². The molecule has 1 aliphatic rings. The molecular formula is C14H18F3NO. The van der Waals surface area contributed by atoms with E-state index in [0.29, 0.717) is 17.4 Å². The van der Waals surface area contributed by atoms with Crippen molar-refractivity contribution < 1.29 is 17.9 Å². The molecule has 0 spiro atoms. The van der Waals surface area contributed by atoms with E-state index in [4.69, 9.17) is 4.74 Å². The number of alkyl halides is 3. The van der Waals surface area contributed by atoms with Crippen molar-refractivity contribution >= 4 is 5.69 Å². The zero-order chi connectivity index (χ0) is 14.0. The predicted molar refractivity (Wildman–Crippen MR) is 68.6 cm³/mol. The van der Waals surface area contributed by atoms with Crippen LogP contribution in [0.15, 0.2) is 24.3 Å². The van der Waals surface area contributed by atoms with Crippen LogP contribution in [-0.4, -0.2) is 25.4 Å². The van der Waals surface area contributed by atoms with Crippen molar-refractivity contribution in [1.29, 1.82) is 0 Å². The van der Waals surface area contributed by atoms with Gasteiger partial charge in [0.1, 0.15) is 18.4 Å². The number of rotatable bonds is 3. The van der Waals surface area contributed by atoms with Gasteiger partial charge in [0.25, 0.3) is 0 Å². The van der Waals surface area contributed by atoms with Crippen molar-refractivity contribution in [2.45, 2.75) is 32.5 Å². The van der Waals surface area contributed by atoms with E-state index in [0.717, 1.165) is 6.42 Å². The molecule has 0 amide bonds. The first kappa shape index (κ1) is 14.0. The Morgan fingerprint density at radius 1 is 1.32 bits per heavy atom. The molecule has 5 heteroatoms. The number of hydrogen-bond acceptors (Lipinski definition) is 2. The van der Waals surface area contributed by atoms with Gasteiger partial charge in [-0.25, -0.2) is 0 Å². The topological polar surface area (TPSA) is 12.5 Å². The summed E-state index contributed by atoms with van der Waals surface area (Å²) in [6.45, 7) is 3.44. The van der Waals surface area contributed by atoms with Gasteiger partial charge in [0.15, 0.2) is 0 Å². The number of para-hydroxylation sites is 2. The average Bonchev–Trinajstić information content (AvgIpc) is 2.26. The fourth-order valence-electron chi connectivity index (χ4n) is 2.39. The summed E-state index contributed by atoms with van der Waals surface area (Å²) < 4.78 is 43.7. The smallest absolute Gasteiger partial charge is 0.405 e. The first-order chi connectivity index (χ1) is 8.85. The largest absolute Gasteiger partial charge is 0.486 e. The lowest BCUT2D eigenvalue weighted by Crippen LogP contribution is -2.44. The summed E-state index contributed by atoms with van der Waals surface area (Å²) in [7, 11) is 0. The van der Waals surface area contributed by atoms with Gasteiger partial charge in [-0.05, 0) is 24.5 Å². The third-order valence-electron chi connectivity index (χ3n) is 3.03. The van der Waals surface area contributed by atoms with E-state index in [1.54, 1.807) is 24.3 Å². The summed E-state index contributed by atoms with van der Waals surface area (Å²) in [6.07, 6.45) is -3.63. The number of ether oxygens (including phenoxy) is 1. The maximum atomic E-state index is 12.6. The zero-order valence-electron chi connectivity index (χ0n) is 11.1. The minimum Gasteiger partial charge on any atom is -0.486 e. The molecule has 0 saturated carbocycles. The maximum absolute atomic E-state index is 12.6. The van der Waals surface area contributed by atoms with E-state index in [2.05, 4.69) is 0 Å². The third kappa shape index (κ3) is 3.78. The lowest BCUT2D eigenvalue weighted by molar-refractivity contribution is -0.120. The highest BCUT2D eigenvalue weighted by atomic mass is 19.4. The summed E-state index contributed by atoms with van der Waals surface area (Å²) in [6, 6.07) is 6.91. The first-order valence-electron chi connectivity index (χ1n) is 6.42. The van der Waals surface area contributed by atoms with Gasteiger partial charge in [0.05, 0.1) is 12.2 Å². The molecule has 1 aromatic carbocycles. The quantitative estimate of drug-likeness (QED) is 0.829. The lowest BCUT2D eigenvalue weighted by atomic mass is 10.0. The molecule has 1 atom stereocenters. The summed E-state index contributed by atoms with van der Waals surface area (Å²) in [5.74, 6) is 0.937. The third-order valence-corrected chi connectivity index (χ3v) is 3.03. The van der Waals surface area contributed by atoms with Crippen LogP contribution in [0.2, 0.25) is 0 Å². The Morgan fingerprint density at radius 2 is 2.00 bits per heavy atom. The Morgan fingerprint density at radius 3 is 2.63 bits per heavy atom. The van der Waals surface area contributed by atoms with Gasteiger partial charge in [0.2, 0.25) is 0 Å². The normalized spacial score (nSPS) is 19.3. The SMILES string of the molecule is CC(C)CC1CN(CC(F)(F)F)c2ccccc2O1. The van der Waals surface area contributed by atoms with Gasteiger partial charge in [-0.15, -0.1) is 0 Å². The molecule has 0 aliphatic carbocycles. The van der Waals surface area contributed by atoms with Gasteiger partial charge in [-0.2, -0.15) is 13.2 Å². The molecule has 0 radical (unpaired) electrons. The highest BCUT2D eigenvalue weighted by molar-refractivity contribution is 5.60. The maximum Gasteiger partial charge on any atom is 0.405 e. The number of anilines is 1. The van der Waals surface area contributed by atoms with Crippen LogP contribution < -0.4 is 9.64 Å². The number of halogens is 3. The van der Waals surface area contributed by atoms with Gasteiger partial charge < -0.3 is 9.64 Å². The van der Waals surface area contributed by atoms with Crippen LogP contribution in [0.3, 0.4) is 0 Å². The molecule has 1 heterocycles. The van der Waals surface area contributed by atoms with Crippen LogP contribution in [0.25, 0.3) is 0 Å². The lowest BCUT2D eigenvalue weighted by Gasteiger charge is -2.37. The van der Waals surface area contributed by atoms with E-state index in [1.165, 1.54) is 4.90 Å². The first-order valence-corrected chi connectivity index (χ1v) is 6.42. The van der Waals surface area contributed by atoms with Crippen molar-refractivity contribution in [1.82, 2.24) is 0 Å². The van der Waals surface area contributed by atoms with Crippen molar-refractivity contribution in [3.63, 3.8) is 0 Å². The molecule has 0 aromatic heterocycles. The van der Waals surface area contributed by atoms with E-state index in [1.807, 2.05) is 13.8 Å². The van der Waals surface area contributed by atoms with E-state index < -0.39 is 12.7 Å². The molecule has 2 rings (SSSR count). The molecule has 1 aromatic rings. The molecule has 1 aliphatic heterocycles. The fourth-order valence-corrected chi connectivity index (χ4v) is 2.39. The van der Waals surface area contributed by atoms with E-state index in [-0.39, 0.29) is 12.6 Å². The molecule has 0 N–H and O–H groups in total. The summed E-state index contributed by atoms with van der Waals surface area (Å²) in [5.41, 5.74) is 0.528. The van der Waals surface area contributed by atoms with Crippen molar-refractivity contribution in [2.24, 2.45) is 5.92 Å². The molecule has 2 nitrogen and oxygen atoms in total. The molecule has 1 unspecified atom stereocenters.